The largest absolute Gasteiger partial charge is 0.395 e. The summed E-state index contributed by atoms with van der Waals surface area (Å²) in [5.41, 5.74) is 0.927. The number of aliphatic hydroxyl groups is 1. The molecule has 0 unspecified atom stereocenters. The number of carbonyl (C=O) groups excluding carboxylic acids is 2. The average molecular weight is 250 g/mol. The van der Waals surface area contributed by atoms with Crippen molar-refractivity contribution in [3.8, 4) is 0 Å². The first-order valence-electron chi connectivity index (χ1n) is 6.24. The molecule has 0 radical (unpaired) electrons. The summed E-state index contributed by atoms with van der Waals surface area (Å²) in [7, 11) is 0. The molecule has 0 aliphatic heterocycles. The summed E-state index contributed by atoms with van der Waals surface area (Å²) in [6.07, 6.45) is 4.66. The molecule has 1 fully saturated rings. The Morgan fingerprint density at radius 3 is 2.67 bits per heavy atom. The van der Waals surface area contributed by atoms with Crippen molar-refractivity contribution >= 4 is 11.7 Å². The summed E-state index contributed by atoms with van der Waals surface area (Å²) in [6.45, 7) is 1.77. The van der Waals surface area contributed by atoms with Gasteiger partial charge in [-0.25, -0.2) is 0 Å². The monoisotopic (exact) mass is 250 g/mol. The van der Waals surface area contributed by atoms with Gasteiger partial charge in [0.1, 0.15) is 5.69 Å². The molecule has 0 atom stereocenters. The number of Topliss-reactive ketones (excluding diaryl/α,β-unsaturated/α-hetero) is 1. The van der Waals surface area contributed by atoms with E-state index >= 15 is 0 Å². The quantitative estimate of drug-likeness (QED) is 0.771. The summed E-state index contributed by atoms with van der Waals surface area (Å²) in [5.74, 6) is -0.205. The number of nitrogens with zero attached hydrogens (tertiary/aromatic N) is 1. The fraction of sp³-hybridized carbons (Fsp3) is 0.538. The molecule has 1 aromatic rings. The number of aliphatic hydroxyl groups excluding tert-OH is 1. The van der Waals surface area contributed by atoms with Gasteiger partial charge in [-0.05, 0) is 32.3 Å². The van der Waals surface area contributed by atoms with E-state index < -0.39 is 0 Å². The summed E-state index contributed by atoms with van der Waals surface area (Å²) in [6, 6.07) is 1.81. The third-order valence-electron chi connectivity index (χ3n) is 3.44. The number of ketones is 1. The van der Waals surface area contributed by atoms with E-state index in [1.807, 2.05) is 0 Å². The SMILES string of the molecule is CC(=O)c1c[nH]c(C(=O)N(CCO)C2CCC2)c1. The number of amides is 1. The molecule has 0 spiro atoms. The molecule has 0 bridgehead atoms. The number of carbonyl (C=O) groups is 2. The van der Waals surface area contributed by atoms with Crippen molar-refractivity contribution in [3.63, 3.8) is 0 Å². The van der Waals surface area contributed by atoms with E-state index in [-0.39, 0.29) is 24.3 Å². The van der Waals surface area contributed by atoms with Crippen molar-refractivity contribution in [2.24, 2.45) is 0 Å². The molecule has 5 heteroatoms. The Hall–Kier alpha value is -1.62. The van der Waals surface area contributed by atoms with Gasteiger partial charge in [0.25, 0.3) is 5.91 Å². The minimum atomic E-state index is -0.138. The first-order valence-corrected chi connectivity index (χ1v) is 6.24. The maximum Gasteiger partial charge on any atom is 0.270 e. The van der Waals surface area contributed by atoms with E-state index in [0.29, 0.717) is 17.8 Å². The Bertz CT molecular complexity index is 449. The van der Waals surface area contributed by atoms with Crippen molar-refractivity contribution in [1.29, 1.82) is 0 Å². The van der Waals surface area contributed by atoms with E-state index in [9.17, 15) is 9.59 Å². The van der Waals surface area contributed by atoms with Gasteiger partial charge in [0.2, 0.25) is 0 Å². The van der Waals surface area contributed by atoms with Crippen molar-refractivity contribution in [2.75, 3.05) is 13.2 Å². The second kappa shape index (κ2) is 5.35. The number of aromatic nitrogens is 1. The highest BCUT2D eigenvalue weighted by atomic mass is 16.3. The number of rotatable bonds is 5. The number of H-pyrrole nitrogens is 1. The predicted molar refractivity (Wildman–Crippen MR) is 66.6 cm³/mol. The zero-order valence-corrected chi connectivity index (χ0v) is 10.5. The fourth-order valence-electron chi connectivity index (χ4n) is 2.13. The van der Waals surface area contributed by atoms with E-state index in [1.165, 1.54) is 6.92 Å². The highest BCUT2D eigenvalue weighted by Crippen LogP contribution is 2.25. The molecule has 0 aromatic carbocycles. The lowest BCUT2D eigenvalue weighted by Gasteiger charge is -2.37. The van der Waals surface area contributed by atoms with Crippen LogP contribution in [0.5, 0.6) is 0 Å². The minimum absolute atomic E-state index is 0.0392. The van der Waals surface area contributed by atoms with Crippen LogP contribution >= 0.6 is 0 Å². The Morgan fingerprint density at radius 1 is 1.50 bits per heavy atom. The van der Waals surface area contributed by atoms with E-state index in [2.05, 4.69) is 4.98 Å². The molecule has 98 valence electrons. The number of nitrogens with one attached hydrogen (secondary N) is 1. The molecule has 0 saturated heterocycles. The van der Waals surface area contributed by atoms with Crippen molar-refractivity contribution < 1.29 is 14.7 Å². The molecular weight excluding hydrogens is 232 g/mol. The van der Waals surface area contributed by atoms with Gasteiger partial charge in [-0.1, -0.05) is 0 Å². The predicted octanol–water partition coefficient (Wildman–Crippen LogP) is 1.20. The molecule has 1 aliphatic carbocycles. The van der Waals surface area contributed by atoms with Gasteiger partial charge in [-0.15, -0.1) is 0 Å². The standard InChI is InChI=1S/C13H18N2O3/c1-9(17)10-7-12(14-8-10)13(18)15(5-6-16)11-3-2-4-11/h7-8,11,14,16H,2-6H2,1H3. The Balaban J connectivity index is 2.13. The van der Waals surface area contributed by atoms with E-state index in [0.717, 1.165) is 19.3 Å². The van der Waals surface area contributed by atoms with Gasteiger partial charge in [0.05, 0.1) is 6.61 Å². The van der Waals surface area contributed by atoms with Crippen LogP contribution in [0.3, 0.4) is 0 Å². The van der Waals surface area contributed by atoms with Gasteiger partial charge in [0.15, 0.2) is 5.78 Å². The normalized spacial score (nSPS) is 15.2. The highest BCUT2D eigenvalue weighted by Gasteiger charge is 2.29. The maximum absolute atomic E-state index is 12.3. The van der Waals surface area contributed by atoms with Crippen LogP contribution in [0.15, 0.2) is 12.3 Å². The Kier molecular flexibility index (Phi) is 3.81. The summed E-state index contributed by atoms with van der Waals surface area (Å²) in [4.78, 5) is 28.0. The maximum atomic E-state index is 12.3. The Labute approximate surface area is 106 Å². The van der Waals surface area contributed by atoms with Gasteiger partial charge < -0.3 is 15.0 Å². The molecular formula is C13H18N2O3. The lowest BCUT2D eigenvalue weighted by Crippen LogP contribution is -2.45. The molecule has 1 heterocycles. The second-order valence-electron chi connectivity index (χ2n) is 4.67. The highest BCUT2D eigenvalue weighted by molar-refractivity contribution is 5.99. The smallest absolute Gasteiger partial charge is 0.270 e. The first kappa shape index (κ1) is 12.8. The fourth-order valence-corrected chi connectivity index (χ4v) is 2.13. The van der Waals surface area contributed by atoms with Crippen LogP contribution in [0.2, 0.25) is 0 Å². The molecule has 1 amide bonds. The third-order valence-corrected chi connectivity index (χ3v) is 3.44. The van der Waals surface area contributed by atoms with Crippen molar-refractivity contribution in [3.05, 3.63) is 23.5 Å². The van der Waals surface area contributed by atoms with E-state index in [4.69, 9.17) is 5.11 Å². The van der Waals surface area contributed by atoms with Crippen molar-refractivity contribution in [2.45, 2.75) is 32.2 Å². The molecule has 18 heavy (non-hydrogen) atoms. The lowest BCUT2D eigenvalue weighted by atomic mass is 9.91. The van der Waals surface area contributed by atoms with Crippen LogP contribution in [0.1, 0.15) is 47.0 Å². The molecule has 1 saturated carbocycles. The van der Waals surface area contributed by atoms with Crippen molar-refractivity contribution in [1.82, 2.24) is 9.88 Å². The molecule has 1 aliphatic rings. The summed E-state index contributed by atoms with van der Waals surface area (Å²) < 4.78 is 0. The summed E-state index contributed by atoms with van der Waals surface area (Å²) >= 11 is 0. The minimum Gasteiger partial charge on any atom is -0.395 e. The van der Waals surface area contributed by atoms with E-state index in [1.54, 1.807) is 17.2 Å². The topological polar surface area (TPSA) is 73.4 Å². The van der Waals surface area contributed by atoms with Crippen LogP contribution in [-0.4, -0.2) is 45.9 Å². The average Bonchev–Trinajstić information content (AvgIpc) is 2.74. The van der Waals surface area contributed by atoms with Gasteiger partial charge in [0, 0.05) is 24.3 Å². The number of hydrogen-bond acceptors (Lipinski definition) is 3. The number of hydrogen-bond donors (Lipinski definition) is 2. The van der Waals surface area contributed by atoms with Gasteiger partial charge in [-0.3, -0.25) is 9.59 Å². The van der Waals surface area contributed by atoms with Crippen LogP contribution in [0.4, 0.5) is 0 Å². The third kappa shape index (κ3) is 2.46. The lowest BCUT2D eigenvalue weighted by molar-refractivity contribution is 0.0520. The van der Waals surface area contributed by atoms with Crippen LogP contribution < -0.4 is 0 Å². The molecule has 2 rings (SSSR count). The van der Waals surface area contributed by atoms with Crippen LogP contribution in [0.25, 0.3) is 0 Å². The van der Waals surface area contributed by atoms with Crippen LogP contribution in [0, 0.1) is 0 Å². The molecule has 1 aromatic heterocycles. The second-order valence-corrected chi connectivity index (χ2v) is 4.67. The van der Waals surface area contributed by atoms with Gasteiger partial charge in [-0.2, -0.15) is 0 Å². The summed E-state index contributed by atoms with van der Waals surface area (Å²) in [5, 5.41) is 9.04. The Morgan fingerprint density at radius 2 is 2.22 bits per heavy atom. The van der Waals surface area contributed by atoms with Crippen LogP contribution in [-0.2, 0) is 0 Å². The molecule has 2 N–H and O–H groups in total. The molecule has 5 nitrogen and oxygen atoms in total. The zero-order chi connectivity index (χ0) is 13.1. The zero-order valence-electron chi connectivity index (χ0n) is 10.5. The number of aromatic amines is 1. The van der Waals surface area contributed by atoms with Gasteiger partial charge >= 0.3 is 0 Å². The first-order chi connectivity index (χ1) is 8.63.